The molecule has 1 heterocycles. The Morgan fingerprint density at radius 3 is 2.88 bits per heavy atom. The number of fused-ring (bicyclic) bond motifs is 1. The van der Waals surface area contributed by atoms with Crippen LogP contribution in [0.15, 0.2) is 27.1 Å². The van der Waals surface area contributed by atoms with Crippen molar-refractivity contribution >= 4 is 33.0 Å². The van der Waals surface area contributed by atoms with Gasteiger partial charge in [0, 0.05) is 9.86 Å². The van der Waals surface area contributed by atoms with Crippen LogP contribution in [-0.4, -0.2) is 11.2 Å². The molecule has 0 spiro atoms. The van der Waals surface area contributed by atoms with E-state index in [0.717, 1.165) is 21.0 Å². The molecule has 1 aromatic carbocycles. The zero-order chi connectivity index (χ0) is 12.6. The second kappa shape index (κ2) is 4.41. The molecule has 1 aromatic heterocycles. The largest absolute Gasteiger partial charge is 0.465 e. The van der Waals surface area contributed by atoms with Gasteiger partial charge in [-0.2, -0.15) is 0 Å². The van der Waals surface area contributed by atoms with Gasteiger partial charge in [-0.1, -0.05) is 15.9 Å². The Hall–Kier alpha value is -1.49. The van der Waals surface area contributed by atoms with Gasteiger partial charge in [-0.3, -0.25) is 0 Å². The summed E-state index contributed by atoms with van der Waals surface area (Å²) in [5.41, 5.74) is 1.85. The monoisotopic (exact) mass is 297 g/mol. The second-order valence-corrected chi connectivity index (χ2v) is 4.76. The van der Waals surface area contributed by atoms with Crippen molar-refractivity contribution in [1.82, 2.24) is 5.32 Å². The van der Waals surface area contributed by atoms with Crippen molar-refractivity contribution in [2.75, 3.05) is 0 Å². The number of carboxylic acid groups (broad SMARTS) is 1. The molecule has 1 atom stereocenters. The second-order valence-electron chi connectivity index (χ2n) is 3.90. The number of hydrogen-bond donors (Lipinski definition) is 2. The van der Waals surface area contributed by atoms with Crippen molar-refractivity contribution in [3.05, 3.63) is 34.0 Å². The zero-order valence-corrected chi connectivity index (χ0v) is 11.0. The van der Waals surface area contributed by atoms with Gasteiger partial charge in [0.15, 0.2) is 0 Å². The van der Waals surface area contributed by atoms with Gasteiger partial charge in [0.25, 0.3) is 0 Å². The summed E-state index contributed by atoms with van der Waals surface area (Å²) in [7, 11) is 0. The van der Waals surface area contributed by atoms with Crippen LogP contribution in [0.3, 0.4) is 0 Å². The van der Waals surface area contributed by atoms with Crippen LogP contribution in [0.5, 0.6) is 0 Å². The fourth-order valence-corrected chi connectivity index (χ4v) is 2.06. The first-order valence-electron chi connectivity index (χ1n) is 5.17. The van der Waals surface area contributed by atoms with Gasteiger partial charge >= 0.3 is 6.09 Å². The molecule has 2 N–H and O–H groups in total. The van der Waals surface area contributed by atoms with E-state index < -0.39 is 6.09 Å². The lowest BCUT2D eigenvalue weighted by molar-refractivity contribution is 0.189. The molecular formula is C12H12BrNO3. The summed E-state index contributed by atoms with van der Waals surface area (Å²) >= 11 is 3.45. The summed E-state index contributed by atoms with van der Waals surface area (Å²) in [6.45, 7) is 3.73. The third-order valence-electron chi connectivity index (χ3n) is 2.69. The Morgan fingerprint density at radius 2 is 2.24 bits per heavy atom. The van der Waals surface area contributed by atoms with Crippen LogP contribution >= 0.6 is 15.9 Å². The van der Waals surface area contributed by atoms with Gasteiger partial charge in [0.2, 0.25) is 0 Å². The summed E-state index contributed by atoms with van der Waals surface area (Å²) in [5, 5.41) is 12.0. The van der Waals surface area contributed by atoms with Crippen LogP contribution in [-0.2, 0) is 0 Å². The van der Waals surface area contributed by atoms with E-state index in [-0.39, 0.29) is 6.04 Å². The molecule has 0 aliphatic heterocycles. The maximum atomic E-state index is 10.6. The Balaban J connectivity index is 2.44. The first-order valence-corrected chi connectivity index (χ1v) is 5.96. The molecule has 90 valence electrons. The van der Waals surface area contributed by atoms with E-state index >= 15 is 0 Å². The smallest absolute Gasteiger partial charge is 0.405 e. The average molecular weight is 298 g/mol. The molecule has 0 saturated carbocycles. The Bertz CT molecular complexity index is 576. The first kappa shape index (κ1) is 12.0. The van der Waals surface area contributed by atoms with Crippen LogP contribution in [0.1, 0.15) is 24.3 Å². The highest BCUT2D eigenvalue weighted by molar-refractivity contribution is 9.10. The van der Waals surface area contributed by atoms with Crippen molar-refractivity contribution in [3.8, 4) is 0 Å². The predicted molar refractivity (Wildman–Crippen MR) is 68.2 cm³/mol. The highest BCUT2D eigenvalue weighted by Crippen LogP contribution is 2.30. The highest BCUT2D eigenvalue weighted by Gasteiger charge is 2.14. The molecule has 1 amide bonds. The van der Waals surface area contributed by atoms with E-state index in [1.165, 1.54) is 0 Å². The molecule has 5 heteroatoms. The summed E-state index contributed by atoms with van der Waals surface area (Å²) in [6, 6.07) is 5.29. The van der Waals surface area contributed by atoms with E-state index in [0.29, 0.717) is 5.76 Å². The first-order chi connectivity index (χ1) is 7.99. The highest BCUT2D eigenvalue weighted by atomic mass is 79.9. The number of amides is 1. The molecule has 1 unspecified atom stereocenters. The lowest BCUT2D eigenvalue weighted by Gasteiger charge is -2.06. The topological polar surface area (TPSA) is 62.5 Å². The molecule has 17 heavy (non-hydrogen) atoms. The van der Waals surface area contributed by atoms with Gasteiger partial charge < -0.3 is 14.8 Å². The summed E-state index contributed by atoms with van der Waals surface area (Å²) in [5.74, 6) is 0.614. The molecule has 0 radical (unpaired) electrons. The van der Waals surface area contributed by atoms with Gasteiger partial charge in [-0.15, -0.1) is 0 Å². The molecule has 2 rings (SSSR count). The third kappa shape index (κ3) is 2.29. The lowest BCUT2D eigenvalue weighted by atomic mass is 10.1. The molecule has 0 bridgehead atoms. The Kier molecular flexibility index (Phi) is 3.11. The van der Waals surface area contributed by atoms with E-state index in [4.69, 9.17) is 9.52 Å². The quantitative estimate of drug-likeness (QED) is 0.885. The number of carbonyl (C=O) groups is 1. The summed E-state index contributed by atoms with van der Waals surface area (Å²) < 4.78 is 6.63. The van der Waals surface area contributed by atoms with E-state index in [2.05, 4.69) is 21.2 Å². The van der Waals surface area contributed by atoms with Crippen molar-refractivity contribution in [2.45, 2.75) is 19.9 Å². The molecule has 4 nitrogen and oxygen atoms in total. The predicted octanol–water partition coefficient (Wildman–Crippen LogP) is 3.83. The Morgan fingerprint density at radius 1 is 1.53 bits per heavy atom. The number of furan rings is 1. The van der Waals surface area contributed by atoms with Gasteiger partial charge in [0.1, 0.15) is 11.3 Å². The van der Waals surface area contributed by atoms with Gasteiger partial charge in [0.05, 0.1) is 6.04 Å². The molecule has 2 aromatic rings. The molecule has 0 fully saturated rings. The lowest BCUT2D eigenvalue weighted by Crippen LogP contribution is -2.23. The van der Waals surface area contributed by atoms with E-state index in [1.54, 1.807) is 6.92 Å². The number of halogens is 1. The van der Waals surface area contributed by atoms with Crippen LogP contribution in [0.25, 0.3) is 11.0 Å². The minimum atomic E-state index is -1.06. The van der Waals surface area contributed by atoms with Crippen LogP contribution in [0.4, 0.5) is 4.79 Å². The van der Waals surface area contributed by atoms with Crippen molar-refractivity contribution in [2.24, 2.45) is 0 Å². The maximum Gasteiger partial charge on any atom is 0.405 e. The van der Waals surface area contributed by atoms with Crippen molar-refractivity contribution in [3.63, 3.8) is 0 Å². The SMILES string of the molecule is Cc1c(Br)ccc2oc(C(C)NC(=O)O)cc12. The minimum absolute atomic E-state index is 0.363. The number of hydrogen-bond acceptors (Lipinski definition) is 2. The van der Waals surface area contributed by atoms with Crippen LogP contribution < -0.4 is 5.32 Å². The van der Waals surface area contributed by atoms with Gasteiger partial charge in [-0.25, -0.2) is 4.79 Å². The summed E-state index contributed by atoms with van der Waals surface area (Å²) in [6.07, 6.45) is -1.06. The normalized spacial score (nSPS) is 12.6. The molecule has 0 aliphatic rings. The molecular weight excluding hydrogens is 286 g/mol. The zero-order valence-electron chi connectivity index (χ0n) is 9.45. The van der Waals surface area contributed by atoms with Crippen molar-refractivity contribution < 1.29 is 14.3 Å². The minimum Gasteiger partial charge on any atom is -0.465 e. The molecule has 0 aliphatic carbocycles. The Labute approximate surface area is 107 Å². The van der Waals surface area contributed by atoms with Crippen LogP contribution in [0.2, 0.25) is 0 Å². The van der Waals surface area contributed by atoms with Gasteiger partial charge in [-0.05, 0) is 37.6 Å². The maximum absolute atomic E-state index is 10.6. The number of nitrogens with one attached hydrogen (secondary N) is 1. The fourth-order valence-electron chi connectivity index (χ4n) is 1.71. The number of rotatable bonds is 2. The van der Waals surface area contributed by atoms with Crippen molar-refractivity contribution in [1.29, 1.82) is 0 Å². The van der Waals surface area contributed by atoms with E-state index in [9.17, 15) is 4.79 Å². The fraction of sp³-hybridized carbons (Fsp3) is 0.250. The number of benzene rings is 1. The standard InChI is InChI=1S/C12H12BrNO3/c1-6-8-5-11(7(2)14-12(15)16)17-10(8)4-3-9(6)13/h3-5,7,14H,1-2H3,(H,15,16). The third-order valence-corrected chi connectivity index (χ3v) is 3.55. The summed E-state index contributed by atoms with van der Waals surface area (Å²) in [4.78, 5) is 10.6. The van der Waals surface area contributed by atoms with E-state index in [1.807, 2.05) is 25.1 Å². The average Bonchev–Trinajstić information content (AvgIpc) is 2.67. The van der Waals surface area contributed by atoms with Crippen LogP contribution in [0, 0.1) is 6.92 Å². The number of aryl methyl sites for hydroxylation is 1. The molecule has 0 saturated heterocycles.